The van der Waals surface area contributed by atoms with Crippen molar-refractivity contribution in [3.05, 3.63) is 28.2 Å². The maximum Gasteiger partial charge on any atom is 0.224 e. The molecule has 0 bridgehead atoms. The highest BCUT2D eigenvalue weighted by Crippen LogP contribution is 2.20. The van der Waals surface area contributed by atoms with E-state index in [-0.39, 0.29) is 12.0 Å². The van der Waals surface area contributed by atoms with Gasteiger partial charge in [-0.05, 0) is 31.5 Å². The summed E-state index contributed by atoms with van der Waals surface area (Å²) in [5, 5.41) is 11.7. The van der Waals surface area contributed by atoms with Crippen LogP contribution in [0.5, 0.6) is 0 Å². The van der Waals surface area contributed by atoms with Gasteiger partial charge in [-0.3, -0.25) is 4.79 Å². The molecule has 0 aliphatic rings. The molecule has 0 aromatic heterocycles. The van der Waals surface area contributed by atoms with Crippen LogP contribution in [0.3, 0.4) is 0 Å². The molecule has 0 saturated heterocycles. The monoisotopic (exact) mass is 310 g/mol. The second-order valence-corrected chi connectivity index (χ2v) is 4.85. The fourth-order valence-corrected chi connectivity index (χ4v) is 1.74. The van der Waals surface area contributed by atoms with Gasteiger partial charge >= 0.3 is 0 Å². The number of halogens is 1. The van der Waals surface area contributed by atoms with Gasteiger partial charge in [0.05, 0.1) is 17.4 Å². The Morgan fingerprint density at radius 3 is 2.94 bits per heavy atom. The standard InChI is InChI=1S/C13H15BrN2O2/c1-9(18-2)3-6-13(17)16-12-5-4-11(14)7-10(12)8-15/h4-5,7,9H,3,6H2,1-2H3,(H,16,17). The lowest BCUT2D eigenvalue weighted by molar-refractivity contribution is -0.116. The van der Waals surface area contributed by atoms with Crippen molar-refractivity contribution in [2.45, 2.75) is 25.9 Å². The highest BCUT2D eigenvalue weighted by molar-refractivity contribution is 9.10. The second-order valence-electron chi connectivity index (χ2n) is 3.93. The second kappa shape index (κ2) is 7.14. The van der Waals surface area contributed by atoms with E-state index in [1.54, 1.807) is 25.3 Å². The van der Waals surface area contributed by atoms with E-state index in [2.05, 4.69) is 21.2 Å². The average molecular weight is 311 g/mol. The number of nitrogens with one attached hydrogen (secondary N) is 1. The summed E-state index contributed by atoms with van der Waals surface area (Å²) in [5.74, 6) is -0.113. The third-order valence-corrected chi connectivity index (χ3v) is 3.05. The highest BCUT2D eigenvalue weighted by atomic mass is 79.9. The topological polar surface area (TPSA) is 62.1 Å². The van der Waals surface area contributed by atoms with E-state index in [0.29, 0.717) is 24.1 Å². The van der Waals surface area contributed by atoms with Gasteiger partial charge in [0.1, 0.15) is 6.07 Å². The van der Waals surface area contributed by atoms with Crippen molar-refractivity contribution in [2.24, 2.45) is 0 Å². The zero-order valence-corrected chi connectivity index (χ0v) is 12.0. The van der Waals surface area contributed by atoms with E-state index in [1.807, 2.05) is 13.0 Å². The van der Waals surface area contributed by atoms with Gasteiger partial charge in [0.15, 0.2) is 0 Å². The van der Waals surface area contributed by atoms with E-state index in [1.165, 1.54) is 0 Å². The van der Waals surface area contributed by atoms with Crippen molar-refractivity contribution < 1.29 is 9.53 Å². The normalized spacial score (nSPS) is 11.7. The molecule has 18 heavy (non-hydrogen) atoms. The van der Waals surface area contributed by atoms with Crippen molar-refractivity contribution >= 4 is 27.5 Å². The van der Waals surface area contributed by atoms with Crippen molar-refractivity contribution in [3.8, 4) is 6.07 Å². The molecule has 1 aromatic rings. The largest absolute Gasteiger partial charge is 0.382 e. The average Bonchev–Trinajstić information content (AvgIpc) is 2.37. The van der Waals surface area contributed by atoms with Gasteiger partial charge < -0.3 is 10.1 Å². The predicted octanol–water partition coefficient (Wildman–Crippen LogP) is 3.07. The Labute approximate surface area is 115 Å². The van der Waals surface area contributed by atoms with Crippen molar-refractivity contribution in [2.75, 3.05) is 12.4 Å². The van der Waals surface area contributed by atoms with Crippen LogP contribution in [0.1, 0.15) is 25.3 Å². The number of amides is 1. The number of rotatable bonds is 5. The summed E-state index contributed by atoms with van der Waals surface area (Å²) in [7, 11) is 1.62. The van der Waals surface area contributed by atoms with E-state index in [0.717, 1.165) is 4.47 Å². The van der Waals surface area contributed by atoms with Crippen LogP contribution < -0.4 is 5.32 Å². The first-order valence-electron chi connectivity index (χ1n) is 5.59. The highest BCUT2D eigenvalue weighted by Gasteiger charge is 2.09. The van der Waals surface area contributed by atoms with Gasteiger partial charge in [0, 0.05) is 18.0 Å². The maximum absolute atomic E-state index is 11.7. The van der Waals surface area contributed by atoms with Crippen LogP contribution in [0.2, 0.25) is 0 Å². The van der Waals surface area contributed by atoms with Crippen LogP contribution in [0.4, 0.5) is 5.69 Å². The molecule has 0 heterocycles. The molecule has 1 rings (SSSR count). The van der Waals surface area contributed by atoms with E-state index < -0.39 is 0 Å². The molecule has 1 amide bonds. The number of hydrogen-bond donors (Lipinski definition) is 1. The van der Waals surface area contributed by atoms with Gasteiger partial charge in [0.2, 0.25) is 5.91 Å². The Morgan fingerprint density at radius 1 is 1.61 bits per heavy atom. The summed E-state index contributed by atoms with van der Waals surface area (Å²) in [4.78, 5) is 11.7. The van der Waals surface area contributed by atoms with Crippen molar-refractivity contribution in [3.63, 3.8) is 0 Å². The van der Waals surface area contributed by atoms with Crippen LogP contribution in [-0.4, -0.2) is 19.1 Å². The van der Waals surface area contributed by atoms with E-state index in [9.17, 15) is 4.79 Å². The van der Waals surface area contributed by atoms with E-state index >= 15 is 0 Å². The molecule has 1 N–H and O–H groups in total. The van der Waals surface area contributed by atoms with E-state index in [4.69, 9.17) is 10.00 Å². The number of nitriles is 1. The molecule has 0 saturated carbocycles. The molecule has 0 aliphatic carbocycles. The summed E-state index contributed by atoms with van der Waals surface area (Å²) in [6.45, 7) is 1.91. The molecule has 0 aliphatic heterocycles. The predicted molar refractivity (Wildman–Crippen MR) is 73.2 cm³/mol. The molecule has 1 unspecified atom stereocenters. The Morgan fingerprint density at radius 2 is 2.33 bits per heavy atom. The maximum atomic E-state index is 11.7. The number of hydrogen-bond acceptors (Lipinski definition) is 3. The molecule has 5 heteroatoms. The number of ether oxygens (including phenoxy) is 1. The molecule has 1 atom stereocenters. The number of benzene rings is 1. The zero-order chi connectivity index (χ0) is 13.5. The Balaban J connectivity index is 2.62. The first-order chi connectivity index (χ1) is 8.56. The van der Waals surface area contributed by atoms with Gasteiger partial charge in [0.25, 0.3) is 0 Å². The Bertz CT molecular complexity index is 469. The summed E-state index contributed by atoms with van der Waals surface area (Å²) >= 11 is 3.28. The summed E-state index contributed by atoms with van der Waals surface area (Å²) < 4.78 is 5.88. The lowest BCUT2D eigenvalue weighted by Crippen LogP contribution is -2.15. The first kappa shape index (κ1) is 14.7. The molecular weight excluding hydrogens is 296 g/mol. The molecule has 96 valence electrons. The molecule has 0 fully saturated rings. The van der Waals surface area contributed by atoms with Gasteiger partial charge in [-0.25, -0.2) is 0 Å². The minimum absolute atomic E-state index is 0.0519. The molecule has 1 aromatic carbocycles. The van der Waals surface area contributed by atoms with Gasteiger partial charge in [-0.1, -0.05) is 15.9 Å². The minimum atomic E-state index is -0.113. The molecule has 0 spiro atoms. The van der Waals surface area contributed by atoms with Crippen LogP contribution in [0, 0.1) is 11.3 Å². The SMILES string of the molecule is COC(C)CCC(=O)Nc1ccc(Br)cc1C#N. The summed E-state index contributed by atoms with van der Waals surface area (Å²) in [5.41, 5.74) is 0.980. The quantitative estimate of drug-likeness (QED) is 0.909. The first-order valence-corrected chi connectivity index (χ1v) is 6.38. The van der Waals surface area contributed by atoms with Gasteiger partial charge in [-0.2, -0.15) is 5.26 Å². The van der Waals surface area contributed by atoms with Gasteiger partial charge in [-0.15, -0.1) is 0 Å². The Hall–Kier alpha value is -1.38. The number of methoxy groups -OCH3 is 1. The molecular formula is C13H15BrN2O2. The molecule has 0 radical (unpaired) electrons. The number of carbonyl (C=O) groups is 1. The summed E-state index contributed by atoms with van der Waals surface area (Å²) in [6, 6.07) is 7.22. The number of anilines is 1. The van der Waals surface area contributed by atoms with Crippen LogP contribution in [0.25, 0.3) is 0 Å². The fraction of sp³-hybridized carbons (Fsp3) is 0.385. The van der Waals surface area contributed by atoms with Crippen molar-refractivity contribution in [1.29, 1.82) is 5.26 Å². The van der Waals surface area contributed by atoms with Crippen LogP contribution in [0.15, 0.2) is 22.7 Å². The number of carbonyl (C=O) groups excluding carboxylic acids is 1. The smallest absolute Gasteiger partial charge is 0.224 e. The lowest BCUT2D eigenvalue weighted by Gasteiger charge is -2.10. The Kier molecular flexibility index (Phi) is 5.83. The zero-order valence-electron chi connectivity index (χ0n) is 10.4. The fourth-order valence-electron chi connectivity index (χ4n) is 1.38. The number of nitrogens with zero attached hydrogens (tertiary/aromatic N) is 1. The lowest BCUT2D eigenvalue weighted by atomic mass is 10.1. The van der Waals surface area contributed by atoms with Crippen LogP contribution in [-0.2, 0) is 9.53 Å². The summed E-state index contributed by atoms with van der Waals surface area (Å²) in [6.07, 6.45) is 1.08. The van der Waals surface area contributed by atoms with Crippen LogP contribution >= 0.6 is 15.9 Å². The third-order valence-electron chi connectivity index (χ3n) is 2.56. The molecule has 4 nitrogen and oxygen atoms in total. The third kappa shape index (κ3) is 4.47. The van der Waals surface area contributed by atoms with Crippen molar-refractivity contribution in [1.82, 2.24) is 0 Å². The minimum Gasteiger partial charge on any atom is -0.382 e.